The summed E-state index contributed by atoms with van der Waals surface area (Å²) in [7, 11) is 1.51. The maximum atomic E-state index is 12.1. The van der Waals surface area contributed by atoms with Gasteiger partial charge >= 0.3 is 5.97 Å². The predicted molar refractivity (Wildman–Crippen MR) is 83.3 cm³/mol. The summed E-state index contributed by atoms with van der Waals surface area (Å²) in [5.41, 5.74) is 0.687. The van der Waals surface area contributed by atoms with Crippen LogP contribution in [0.3, 0.4) is 0 Å². The van der Waals surface area contributed by atoms with Crippen LogP contribution in [0.4, 0.5) is 0 Å². The van der Waals surface area contributed by atoms with Gasteiger partial charge in [0.1, 0.15) is 11.9 Å². The molecule has 2 aromatic rings. The van der Waals surface area contributed by atoms with Gasteiger partial charge in [-0.25, -0.2) is 4.79 Å². The third-order valence-electron chi connectivity index (χ3n) is 3.36. The van der Waals surface area contributed by atoms with Gasteiger partial charge in [0.15, 0.2) is 6.04 Å². The predicted octanol–water partition coefficient (Wildman–Crippen LogP) is 1.61. The van der Waals surface area contributed by atoms with Gasteiger partial charge in [-0.1, -0.05) is 30.3 Å². The summed E-state index contributed by atoms with van der Waals surface area (Å²) >= 11 is 0. The first-order valence-corrected chi connectivity index (χ1v) is 6.93. The first-order chi connectivity index (χ1) is 11.0. The van der Waals surface area contributed by atoms with Crippen molar-refractivity contribution in [1.29, 1.82) is 0 Å². The van der Waals surface area contributed by atoms with Gasteiger partial charge in [0.2, 0.25) is 0 Å². The fraction of sp³-hybridized carbons (Fsp3) is 0.176. The number of ether oxygens (including phenoxy) is 1. The molecule has 0 fully saturated rings. The SMILES string of the molecule is COc1ccc(C(O)[C@H](NC(=O)c2ccccc2)C(=O)O)cc1. The van der Waals surface area contributed by atoms with Gasteiger partial charge in [0.05, 0.1) is 7.11 Å². The number of carboxylic acid groups (broad SMARTS) is 1. The van der Waals surface area contributed by atoms with E-state index in [1.54, 1.807) is 54.6 Å². The van der Waals surface area contributed by atoms with Crippen molar-refractivity contribution in [2.75, 3.05) is 7.11 Å². The standard InChI is InChI=1S/C17H17NO5/c1-23-13-9-7-11(8-10-13)15(19)14(17(21)22)18-16(20)12-5-3-2-4-6-12/h2-10,14-15,19H,1H3,(H,18,20)(H,21,22)/t14-,15?/m0/s1. The van der Waals surface area contributed by atoms with Crippen molar-refractivity contribution in [1.82, 2.24) is 5.32 Å². The Labute approximate surface area is 133 Å². The van der Waals surface area contributed by atoms with Crippen LogP contribution in [0.15, 0.2) is 54.6 Å². The molecule has 2 aromatic carbocycles. The summed E-state index contributed by atoms with van der Waals surface area (Å²) in [6.45, 7) is 0. The number of hydrogen-bond acceptors (Lipinski definition) is 4. The number of aliphatic hydroxyl groups is 1. The highest BCUT2D eigenvalue weighted by Gasteiger charge is 2.29. The fourth-order valence-electron chi connectivity index (χ4n) is 2.08. The zero-order chi connectivity index (χ0) is 16.8. The first-order valence-electron chi connectivity index (χ1n) is 6.93. The molecule has 0 aromatic heterocycles. The van der Waals surface area contributed by atoms with Gasteiger partial charge in [-0.2, -0.15) is 0 Å². The van der Waals surface area contributed by atoms with Crippen LogP contribution in [-0.2, 0) is 4.79 Å². The highest BCUT2D eigenvalue weighted by molar-refractivity contribution is 5.96. The van der Waals surface area contributed by atoms with E-state index < -0.39 is 24.0 Å². The minimum Gasteiger partial charge on any atom is -0.497 e. The number of benzene rings is 2. The number of carboxylic acids is 1. The summed E-state index contributed by atoms with van der Waals surface area (Å²) < 4.78 is 5.01. The second kappa shape index (κ2) is 7.42. The van der Waals surface area contributed by atoms with E-state index in [1.165, 1.54) is 7.11 Å². The normalized spacial score (nSPS) is 13.0. The highest BCUT2D eigenvalue weighted by atomic mass is 16.5. The van der Waals surface area contributed by atoms with Crippen molar-refractivity contribution in [2.45, 2.75) is 12.1 Å². The fourth-order valence-corrected chi connectivity index (χ4v) is 2.08. The minimum atomic E-state index is -1.46. The van der Waals surface area contributed by atoms with E-state index in [0.717, 1.165) is 0 Å². The van der Waals surface area contributed by atoms with Gasteiger partial charge in [0, 0.05) is 5.56 Å². The molecule has 0 radical (unpaired) electrons. The Morgan fingerprint density at radius 2 is 1.65 bits per heavy atom. The number of nitrogens with one attached hydrogen (secondary N) is 1. The number of hydrogen-bond donors (Lipinski definition) is 3. The molecule has 23 heavy (non-hydrogen) atoms. The molecule has 0 saturated heterocycles. The lowest BCUT2D eigenvalue weighted by molar-refractivity contribution is -0.142. The quantitative estimate of drug-likeness (QED) is 0.752. The van der Waals surface area contributed by atoms with E-state index in [1.807, 2.05) is 0 Å². The molecule has 0 saturated carbocycles. The second-order valence-corrected chi connectivity index (χ2v) is 4.87. The highest BCUT2D eigenvalue weighted by Crippen LogP contribution is 2.21. The van der Waals surface area contributed by atoms with Gasteiger partial charge in [0.25, 0.3) is 5.91 Å². The molecule has 1 amide bonds. The largest absolute Gasteiger partial charge is 0.497 e. The number of amides is 1. The van der Waals surface area contributed by atoms with E-state index >= 15 is 0 Å². The Morgan fingerprint density at radius 3 is 2.17 bits per heavy atom. The Morgan fingerprint density at radius 1 is 1.04 bits per heavy atom. The third kappa shape index (κ3) is 4.08. The van der Waals surface area contributed by atoms with E-state index in [4.69, 9.17) is 4.74 Å². The Bertz CT molecular complexity index is 669. The lowest BCUT2D eigenvalue weighted by Gasteiger charge is -2.21. The molecule has 0 heterocycles. The van der Waals surface area contributed by atoms with Crippen molar-refractivity contribution < 1.29 is 24.5 Å². The molecular formula is C17H17NO5. The van der Waals surface area contributed by atoms with Gasteiger partial charge in [-0.05, 0) is 29.8 Å². The lowest BCUT2D eigenvalue weighted by Crippen LogP contribution is -2.45. The molecule has 0 aliphatic carbocycles. The molecule has 2 rings (SSSR count). The maximum Gasteiger partial charge on any atom is 0.329 e. The summed E-state index contributed by atoms with van der Waals surface area (Å²) in [4.78, 5) is 23.5. The van der Waals surface area contributed by atoms with Crippen LogP contribution in [0.2, 0.25) is 0 Å². The van der Waals surface area contributed by atoms with Crippen LogP contribution in [0.5, 0.6) is 5.75 Å². The Kier molecular flexibility index (Phi) is 5.32. The zero-order valence-electron chi connectivity index (χ0n) is 12.5. The van der Waals surface area contributed by atoms with E-state index in [2.05, 4.69) is 5.32 Å². The van der Waals surface area contributed by atoms with E-state index in [-0.39, 0.29) is 0 Å². The Balaban J connectivity index is 2.17. The number of methoxy groups -OCH3 is 1. The van der Waals surface area contributed by atoms with Crippen molar-refractivity contribution in [3.05, 3.63) is 65.7 Å². The van der Waals surface area contributed by atoms with Crippen LogP contribution >= 0.6 is 0 Å². The molecular weight excluding hydrogens is 298 g/mol. The average molecular weight is 315 g/mol. The summed E-state index contributed by atoms with van der Waals surface area (Å²) in [5.74, 6) is -1.30. The van der Waals surface area contributed by atoms with Crippen molar-refractivity contribution in [3.63, 3.8) is 0 Å². The molecule has 0 bridgehead atoms. The summed E-state index contributed by atoms with van der Waals surface area (Å²) in [6.07, 6.45) is -1.38. The van der Waals surface area contributed by atoms with Gasteiger partial charge in [-0.3, -0.25) is 4.79 Å². The molecule has 120 valence electrons. The molecule has 2 atom stereocenters. The number of carbonyl (C=O) groups excluding carboxylic acids is 1. The second-order valence-electron chi connectivity index (χ2n) is 4.87. The summed E-state index contributed by atoms with van der Waals surface area (Å²) in [5, 5.41) is 21.9. The Hall–Kier alpha value is -2.86. The van der Waals surface area contributed by atoms with Crippen LogP contribution < -0.4 is 10.1 Å². The van der Waals surface area contributed by atoms with Crippen LogP contribution in [-0.4, -0.2) is 35.2 Å². The molecule has 6 nitrogen and oxygen atoms in total. The van der Waals surface area contributed by atoms with Crippen molar-refractivity contribution >= 4 is 11.9 Å². The molecule has 0 aliphatic heterocycles. The first kappa shape index (κ1) is 16.5. The van der Waals surface area contributed by atoms with Crippen LogP contribution in [0.25, 0.3) is 0 Å². The maximum absolute atomic E-state index is 12.1. The minimum absolute atomic E-state index is 0.320. The summed E-state index contributed by atoms with van der Waals surface area (Å²) in [6, 6.07) is 13.1. The molecule has 6 heteroatoms. The molecule has 1 unspecified atom stereocenters. The topological polar surface area (TPSA) is 95.9 Å². The number of aliphatic carboxylic acids is 1. The van der Waals surface area contributed by atoms with Crippen LogP contribution in [0.1, 0.15) is 22.0 Å². The zero-order valence-corrected chi connectivity index (χ0v) is 12.5. The molecule has 0 spiro atoms. The number of carbonyl (C=O) groups is 2. The van der Waals surface area contributed by atoms with Crippen molar-refractivity contribution in [3.8, 4) is 5.75 Å². The van der Waals surface area contributed by atoms with Gasteiger partial charge < -0.3 is 20.3 Å². The van der Waals surface area contributed by atoms with E-state index in [0.29, 0.717) is 16.9 Å². The number of rotatable bonds is 6. The third-order valence-corrected chi connectivity index (χ3v) is 3.36. The van der Waals surface area contributed by atoms with Crippen LogP contribution in [0, 0.1) is 0 Å². The van der Waals surface area contributed by atoms with Gasteiger partial charge in [-0.15, -0.1) is 0 Å². The monoisotopic (exact) mass is 315 g/mol. The van der Waals surface area contributed by atoms with Crippen molar-refractivity contribution in [2.24, 2.45) is 0 Å². The number of aliphatic hydroxyl groups excluding tert-OH is 1. The smallest absolute Gasteiger partial charge is 0.329 e. The lowest BCUT2D eigenvalue weighted by atomic mass is 10.0. The average Bonchev–Trinajstić information content (AvgIpc) is 2.59. The van der Waals surface area contributed by atoms with E-state index in [9.17, 15) is 19.8 Å². The molecule has 0 aliphatic rings. The molecule has 3 N–H and O–H groups in total.